The van der Waals surface area contributed by atoms with Crippen LogP contribution in [-0.4, -0.2) is 36.0 Å². The maximum Gasteiger partial charge on any atom is 0.284 e. The molecule has 0 aliphatic heterocycles. The number of aryl methyl sites for hydroxylation is 1. The van der Waals surface area contributed by atoms with Gasteiger partial charge in [-0.1, -0.05) is 15.9 Å². The second kappa shape index (κ2) is 8.08. The van der Waals surface area contributed by atoms with Gasteiger partial charge in [0.2, 0.25) is 0 Å². The molecule has 0 fully saturated rings. The molecule has 5 aromatic rings. The van der Waals surface area contributed by atoms with Crippen LogP contribution >= 0.6 is 15.9 Å². The number of methoxy groups -OCH3 is 1. The molecule has 0 unspecified atom stereocenters. The number of aromatic nitrogens is 6. The molecule has 0 atom stereocenters. The molecular formula is C23H19BrN6O2. The van der Waals surface area contributed by atoms with Gasteiger partial charge in [-0.3, -0.25) is 9.36 Å². The summed E-state index contributed by atoms with van der Waals surface area (Å²) in [5.74, 6) is 1.32. The first-order chi connectivity index (χ1) is 15.5. The highest BCUT2D eigenvalue weighted by Crippen LogP contribution is 2.23. The normalized spacial score (nSPS) is 11.2. The third-order valence-electron chi connectivity index (χ3n) is 5.23. The lowest BCUT2D eigenvalue weighted by Gasteiger charge is -2.11. The number of hydrogen-bond acceptors (Lipinski definition) is 5. The van der Waals surface area contributed by atoms with Crippen LogP contribution in [0.15, 0.2) is 76.5 Å². The predicted molar refractivity (Wildman–Crippen MR) is 125 cm³/mol. The van der Waals surface area contributed by atoms with Gasteiger partial charge in [0.1, 0.15) is 22.8 Å². The van der Waals surface area contributed by atoms with Crippen LogP contribution in [0.25, 0.3) is 22.4 Å². The summed E-state index contributed by atoms with van der Waals surface area (Å²) in [6.45, 7) is 2.28. The lowest BCUT2D eigenvalue weighted by atomic mass is 10.2. The lowest BCUT2D eigenvalue weighted by Crippen LogP contribution is -2.24. The molecule has 8 nitrogen and oxygen atoms in total. The highest BCUT2D eigenvalue weighted by atomic mass is 79.9. The third kappa shape index (κ3) is 3.50. The quantitative estimate of drug-likeness (QED) is 0.373. The number of fused-ring (bicyclic) bond motifs is 1. The Bertz CT molecular complexity index is 1450. The van der Waals surface area contributed by atoms with Crippen molar-refractivity contribution in [3.8, 4) is 17.1 Å². The molecule has 0 bridgehead atoms. The van der Waals surface area contributed by atoms with Crippen molar-refractivity contribution >= 4 is 27.0 Å². The van der Waals surface area contributed by atoms with Gasteiger partial charge in [0.15, 0.2) is 5.52 Å². The van der Waals surface area contributed by atoms with Gasteiger partial charge in [-0.15, -0.1) is 0 Å². The first-order valence-electron chi connectivity index (χ1n) is 9.92. The molecule has 0 aliphatic rings. The summed E-state index contributed by atoms with van der Waals surface area (Å²) in [4.78, 5) is 22.7. The van der Waals surface area contributed by atoms with Crippen LogP contribution < -0.4 is 10.3 Å². The zero-order valence-electron chi connectivity index (χ0n) is 17.4. The van der Waals surface area contributed by atoms with Gasteiger partial charge in [0.25, 0.3) is 5.56 Å². The van der Waals surface area contributed by atoms with E-state index in [0.717, 1.165) is 21.6 Å². The molecule has 0 saturated heterocycles. The lowest BCUT2D eigenvalue weighted by molar-refractivity contribution is 0.414. The summed E-state index contributed by atoms with van der Waals surface area (Å²) >= 11 is 3.45. The van der Waals surface area contributed by atoms with E-state index in [1.807, 2.05) is 66.2 Å². The van der Waals surface area contributed by atoms with Crippen LogP contribution in [0, 0.1) is 6.92 Å². The van der Waals surface area contributed by atoms with E-state index < -0.39 is 0 Å². The van der Waals surface area contributed by atoms with Crippen LogP contribution in [0.3, 0.4) is 0 Å². The maximum absolute atomic E-state index is 13.8. The topological polar surface area (TPSA) is 79.8 Å². The molecule has 0 spiro atoms. The first kappa shape index (κ1) is 20.2. The molecule has 0 N–H and O–H groups in total. The van der Waals surface area contributed by atoms with Crippen molar-refractivity contribution < 1.29 is 4.74 Å². The molecule has 3 heterocycles. The SMILES string of the molecule is COc1ccc(-n2nc(Cn3ccnc3)c3nc(C)n(-c4ccc(Br)cc4)c(=O)c32)cc1. The monoisotopic (exact) mass is 490 g/mol. The first-order valence-corrected chi connectivity index (χ1v) is 10.7. The number of imidazole rings is 1. The molecule has 5 rings (SSSR count). The van der Waals surface area contributed by atoms with Crippen molar-refractivity contribution in [2.24, 2.45) is 0 Å². The minimum atomic E-state index is -0.185. The summed E-state index contributed by atoms with van der Waals surface area (Å²) < 4.78 is 11.4. The van der Waals surface area contributed by atoms with Crippen LogP contribution in [0.4, 0.5) is 0 Å². The highest BCUT2D eigenvalue weighted by molar-refractivity contribution is 9.10. The van der Waals surface area contributed by atoms with E-state index in [2.05, 4.69) is 20.9 Å². The van der Waals surface area contributed by atoms with E-state index in [-0.39, 0.29) is 5.56 Å². The Morgan fingerprint density at radius 3 is 2.41 bits per heavy atom. The second-order valence-corrected chi connectivity index (χ2v) is 8.18. The number of halogens is 1. The van der Waals surface area contributed by atoms with E-state index >= 15 is 0 Å². The van der Waals surface area contributed by atoms with Gasteiger partial charge < -0.3 is 9.30 Å². The standard InChI is InChI=1S/C23H19BrN6O2/c1-15-26-21-20(13-28-12-11-25-14-28)27-30(18-7-9-19(32-2)10-8-18)22(21)23(31)29(15)17-5-3-16(24)4-6-17/h3-12,14H,13H2,1-2H3. The molecule has 2 aromatic carbocycles. The van der Waals surface area contributed by atoms with Crippen LogP contribution in [0.5, 0.6) is 5.75 Å². The minimum Gasteiger partial charge on any atom is -0.497 e. The molecule has 3 aromatic heterocycles. The Morgan fingerprint density at radius 1 is 1.03 bits per heavy atom. The van der Waals surface area contributed by atoms with Gasteiger partial charge in [-0.25, -0.2) is 14.6 Å². The molecule has 0 aliphatic carbocycles. The van der Waals surface area contributed by atoms with Crippen LogP contribution in [0.1, 0.15) is 11.5 Å². The van der Waals surface area contributed by atoms with Gasteiger partial charge in [0, 0.05) is 16.9 Å². The number of ether oxygens (including phenoxy) is 1. The van der Waals surface area contributed by atoms with Crippen LogP contribution in [0.2, 0.25) is 0 Å². The molecule has 0 saturated carbocycles. The van der Waals surface area contributed by atoms with Crippen molar-refractivity contribution in [1.29, 1.82) is 0 Å². The maximum atomic E-state index is 13.8. The summed E-state index contributed by atoms with van der Waals surface area (Å²) in [5, 5.41) is 4.78. The van der Waals surface area contributed by atoms with Crippen molar-refractivity contribution in [2.45, 2.75) is 13.5 Å². The van der Waals surface area contributed by atoms with Gasteiger partial charge in [-0.05, 0) is 55.5 Å². The number of benzene rings is 2. The molecule has 0 amide bonds. The van der Waals surface area contributed by atoms with E-state index in [1.165, 1.54) is 0 Å². The average Bonchev–Trinajstić information content (AvgIpc) is 3.44. The van der Waals surface area contributed by atoms with Crippen molar-refractivity contribution in [3.63, 3.8) is 0 Å². The van der Waals surface area contributed by atoms with E-state index in [0.29, 0.717) is 29.1 Å². The van der Waals surface area contributed by atoms with E-state index in [1.54, 1.807) is 28.9 Å². The van der Waals surface area contributed by atoms with Gasteiger partial charge in [0.05, 0.1) is 31.4 Å². The van der Waals surface area contributed by atoms with Crippen molar-refractivity contribution in [2.75, 3.05) is 7.11 Å². The van der Waals surface area contributed by atoms with Gasteiger partial charge in [-0.2, -0.15) is 5.10 Å². The molecule has 32 heavy (non-hydrogen) atoms. The van der Waals surface area contributed by atoms with E-state index in [9.17, 15) is 4.79 Å². The number of rotatable bonds is 5. The van der Waals surface area contributed by atoms with Crippen molar-refractivity contribution in [3.05, 3.63) is 93.6 Å². The Kier molecular flexibility index (Phi) is 5.10. The Morgan fingerprint density at radius 2 is 1.75 bits per heavy atom. The Hall–Kier alpha value is -3.72. The average molecular weight is 491 g/mol. The van der Waals surface area contributed by atoms with Crippen molar-refractivity contribution in [1.82, 2.24) is 28.9 Å². The van der Waals surface area contributed by atoms with Gasteiger partial charge >= 0.3 is 0 Å². The highest BCUT2D eigenvalue weighted by Gasteiger charge is 2.21. The zero-order valence-corrected chi connectivity index (χ0v) is 19.0. The zero-order chi connectivity index (χ0) is 22.2. The molecular weight excluding hydrogens is 472 g/mol. The number of nitrogens with zero attached hydrogens (tertiary/aromatic N) is 6. The summed E-state index contributed by atoms with van der Waals surface area (Å²) in [6, 6.07) is 15.0. The minimum absolute atomic E-state index is 0.185. The second-order valence-electron chi connectivity index (χ2n) is 7.26. The Balaban J connectivity index is 1.77. The largest absolute Gasteiger partial charge is 0.497 e. The third-order valence-corrected chi connectivity index (χ3v) is 5.76. The van der Waals surface area contributed by atoms with E-state index in [4.69, 9.17) is 14.8 Å². The smallest absolute Gasteiger partial charge is 0.284 e. The predicted octanol–water partition coefficient (Wildman–Crippen LogP) is 3.90. The van der Waals surface area contributed by atoms with Crippen LogP contribution in [-0.2, 0) is 6.54 Å². The fourth-order valence-electron chi connectivity index (χ4n) is 3.69. The fraction of sp³-hybridized carbons (Fsp3) is 0.130. The molecule has 0 radical (unpaired) electrons. The summed E-state index contributed by atoms with van der Waals surface area (Å²) in [5.41, 5.74) is 2.98. The molecule has 160 valence electrons. The molecule has 9 heteroatoms. The number of hydrogen-bond donors (Lipinski definition) is 0. The Labute approximate surface area is 191 Å². The fourth-order valence-corrected chi connectivity index (χ4v) is 3.96. The summed E-state index contributed by atoms with van der Waals surface area (Å²) in [7, 11) is 1.62. The summed E-state index contributed by atoms with van der Waals surface area (Å²) in [6.07, 6.45) is 5.28.